The van der Waals surface area contributed by atoms with E-state index in [1.807, 2.05) is 6.07 Å². The summed E-state index contributed by atoms with van der Waals surface area (Å²) in [6.07, 6.45) is 2.20. The summed E-state index contributed by atoms with van der Waals surface area (Å²) in [5.74, 6) is 0. The molecule has 1 aromatic carbocycles. The van der Waals surface area contributed by atoms with Crippen LogP contribution in [0.2, 0.25) is 0 Å². The molecule has 2 aromatic rings. The Labute approximate surface area is 124 Å². The van der Waals surface area contributed by atoms with Crippen LogP contribution in [-0.2, 0) is 16.0 Å². The maximum atomic E-state index is 5.42. The van der Waals surface area contributed by atoms with E-state index >= 15 is 0 Å². The van der Waals surface area contributed by atoms with E-state index in [1.165, 1.54) is 4.70 Å². The Bertz CT molecular complexity index is 468. The average molecular weight is 294 g/mol. The number of ether oxygens (including phenoxy) is 2. The third-order valence-electron chi connectivity index (χ3n) is 2.94. The molecule has 5 heteroatoms. The zero-order valence-corrected chi connectivity index (χ0v) is 12.7. The van der Waals surface area contributed by atoms with E-state index < -0.39 is 0 Å². The predicted molar refractivity (Wildman–Crippen MR) is 83.3 cm³/mol. The second-order valence-electron chi connectivity index (χ2n) is 4.56. The molecule has 0 spiro atoms. The summed E-state index contributed by atoms with van der Waals surface area (Å²) in [7, 11) is 1.69. The number of fused-ring (bicyclic) bond motifs is 1. The minimum atomic E-state index is 0.676. The first-order valence-corrected chi connectivity index (χ1v) is 7.83. The van der Waals surface area contributed by atoms with E-state index in [9.17, 15) is 0 Å². The summed E-state index contributed by atoms with van der Waals surface area (Å²) in [5, 5.41) is 4.59. The van der Waals surface area contributed by atoms with Gasteiger partial charge in [-0.25, -0.2) is 4.98 Å². The van der Waals surface area contributed by atoms with E-state index in [4.69, 9.17) is 9.47 Å². The largest absolute Gasteiger partial charge is 0.382 e. The molecule has 1 heterocycles. The predicted octanol–water partition coefficient (Wildman–Crippen LogP) is 2.83. The highest BCUT2D eigenvalue weighted by atomic mass is 32.1. The van der Waals surface area contributed by atoms with Crippen molar-refractivity contribution in [2.24, 2.45) is 0 Å². The standard InChI is InChI=1S/C15H22N2O2S/c1-18-10-11-19-9-5-4-8-16-12-15-17-13-6-2-3-7-14(13)20-15/h2-3,6-7,16H,4-5,8-12H2,1H3. The van der Waals surface area contributed by atoms with Gasteiger partial charge in [0.05, 0.1) is 23.4 Å². The fourth-order valence-corrected chi connectivity index (χ4v) is 2.83. The van der Waals surface area contributed by atoms with Gasteiger partial charge in [-0.1, -0.05) is 12.1 Å². The van der Waals surface area contributed by atoms with Crippen molar-refractivity contribution in [3.05, 3.63) is 29.3 Å². The van der Waals surface area contributed by atoms with E-state index in [-0.39, 0.29) is 0 Å². The van der Waals surface area contributed by atoms with Gasteiger partial charge >= 0.3 is 0 Å². The van der Waals surface area contributed by atoms with Crippen molar-refractivity contribution in [3.63, 3.8) is 0 Å². The number of para-hydroxylation sites is 1. The summed E-state index contributed by atoms with van der Waals surface area (Å²) in [6, 6.07) is 8.27. The first-order valence-electron chi connectivity index (χ1n) is 7.02. The minimum absolute atomic E-state index is 0.676. The molecule has 0 saturated heterocycles. The van der Waals surface area contributed by atoms with Crippen LogP contribution in [-0.4, -0.2) is 38.5 Å². The molecule has 2 rings (SSSR count). The maximum absolute atomic E-state index is 5.42. The van der Waals surface area contributed by atoms with E-state index in [0.717, 1.165) is 43.1 Å². The number of unbranched alkanes of at least 4 members (excludes halogenated alkanes) is 1. The topological polar surface area (TPSA) is 43.4 Å². The summed E-state index contributed by atoms with van der Waals surface area (Å²) < 4.78 is 11.6. The highest BCUT2D eigenvalue weighted by molar-refractivity contribution is 7.18. The SMILES string of the molecule is COCCOCCCCNCc1nc2ccccc2s1. The third kappa shape index (κ3) is 5.17. The molecule has 4 nitrogen and oxygen atoms in total. The molecular weight excluding hydrogens is 272 g/mol. The van der Waals surface area contributed by atoms with Gasteiger partial charge in [0.15, 0.2) is 0 Å². The Balaban J connectivity index is 1.55. The molecule has 0 atom stereocenters. The Morgan fingerprint density at radius 3 is 2.90 bits per heavy atom. The highest BCUT2D eigenvalue weighted by Crippen LogP contribution is 2.21. The van der Waals surface area contributed by atoms with Gasteiger partial charge in [-0.15, -0.1) is 11.3 Å². The number of methoxy groups -OCH3 is 1. The van der Waals surface area contributed by atoms with Crippen LogP contribution in [0.25, 0.3) is 10.2 Å². The summed E-state index contributed by atoms with van der Waals surface area (Å²) in [5.41, 5.74) is 1.10. The van der Waals surface area contributed by atoms with Crippen LogP contribution in [0.3, 0.4) is 0 Å². The van der Waals surface area contributed by atoms with Crippen molar-refractivity contribution in [2.45, 2.75) is 19.4 Å². The highest BCUT2D eigenvalue weighted by Gasteiger charge is 2.01. The lowest BCUT2D eigenvalue weighted by molar-refractivity contribution is 0.0688. The van der Waals surface area contributed by atoms with E-state index in [1.54, 1.807) is 18.4 Å². The number of rotatable bonds is 10. The molecule has 1 aromatic heterocycles. The van der Waals surface area contributed by atoms with Crippen molar-refractivity contribution in [1.29, 1.82) is 0 Å². The molecule has 0 bridgehead atoms. The van der Waals surface area contributed by atoms with Gasteiger partial charge in [-0.2, -0.15) is 0 Å². The lowest BCUT2D eigenvalue weighted by Gasteiger charge is -2.04. The molecule has 0 unspecified atom stereocenters. The number of nitrogens with zero attached hydrogens (tertiary/aromatic N) is 1. The molecular formula is C15H22N2O2S. The van der Waals surface area contributed by atoms with Gasteiger partial charge in [0, 0.05) is 20.3 Å². The van der Waals surface area contributed by atoms with Crippen molar-refractivity contribution in [3.8, 4) is 0 Å². The van der Waals surface area contributed by atoms with Crippen LogP contribution in [0.15, 0.2) is 24.3 Å². The van der Waals surface area contributed by atoms with Crippen LogP contribution >= 0.6 is 11.3 Å². The summed E-state index contributed by atoms with van der Waals surface area (Å²) in [6.45, 7) is 4.03. The zero-order valence-electron chi connectivity index (χ0n) is 11.9. The van der Waals surface area contributed by atoms with Crippen molar-refractivity contribution >= 4 is 21.6 Å². The fourth-order valence-electron chi connectivity index (χ4n) is 1.89. The van der Waals surface area contributed by atoms with Gasteiger partial charge < -0.3 is 14.8 Å². The molecule has 1 N–H and O–H groups in total. The molecule has 0 saturated carbocycles. The number of thiazole rings is 1. The fraction of sp³-hybridized carbons (Fsp3) is 0.533. The average Bonchev–Trinajstić information content (AvgIpc) is 2.88. The normalized spacial score (nSPS) is 11.2. The zero-order chi connectivity index (χ0) is 14.0. The van der Waals surface area contributed by atoms with Crippen LogP contribution in [0, 0.1) is 0 Å². The molecule has 0 amide bonds. The Morgan fingerprint density at radius 2 is 2.05 bits per heavy atom. The van der Waals surface area contributed by atoms with Crippen LogP contribution in [0.1, 0.15) is 17.8 Å². The maximum Gasteiger partial charge on any atom is 0.108 e. The van der Waals surface area contributed by atoms with Gasteiger partial charge in [-0.3, -0.25) is 0 Å². The molecule has 0 aliphatic heterocycles. The molecule has 0 radical (unpaired) electrons. The molecule has 0 fully saturated rings. The van der Waals surface area contributed by atoms with Gasteiger partial charge in [-0.05, 0) is 31.5 Å². The van der Waals surface area contributed by atoms with Crippen LogP contribution < -0.4 is 5.32 Å². The van der Waals surface area contributed by atoms with Crippen molar-refractivity contribution in [1.82, 2.24) is 10.3 Å². The second-order valence-corrected chi connectivity index (χ2v) is 5.68. The van der Waals surface area contributed by atoms with Crippen LogP contribution in [0.4, 0.5) is 0 Å². The molecule has 0 aliphatic rings. The first-order chi connectivity index (χ1) is 9.90. The lowest BCUT2D eigenvalue weighted by Crippen LogP contribution is -2.15. The number of hydrogen-bond acceptors (Lipinski definition) is 5. The van der Waals surface area contributed by atoms with Gasteiger partial charge in [0.1, 0.15) is 5.01 Å². The Kier molecular flexibility index (Phi) is 6.94. The molecule has 0 aliphatic carbocycles. The summed E-state index contributed by atoms with van der Waals surface area (Å²) >= 11 is 1.76. The van der Waals surface area contributed by atoms with Gasteiger partial charge in [0.2, 0.25) is 0 Å². The third-order valence-corrected chi connectivity index (χ3v) is 3.97. The molecule has 20 heavy (non-hydrogen) atoms. The smallest absolute Gasteiger partial charge is 0.108 e. The second kappa shape index (κ2) is 9.02. The van der Waals surface area contributed by atoms with Gasteiger partial charge in [0.25, 0.3) is 0 Å². The Morgan fingerprint density at radius 1 is 1.15 bits per heavy atom. The van der Waals surface area contributed by atoms with E-state index in [2.05, 4.69) is 28.5 Å². The summed E-state index contributed by atoms with van der Waals surface area (Å²) in [4.78, 5) is 4.60. The minimum Gasteiger partial charge on any atom is -0.382 e. The quantitative estimate of drug-likeness (QED) is 0.684. The number of hydrogen-bond donors (Lipinski definition) is 1. The lowest BCUT2D eigenvalue weighted by atomic mass is 10.3. The number of benzene rings is 1. The Hall–Kier alpha value is -1.01. The van der Waals surface area contributed by atoms with Crippen molar-refractivity contribution < 1.29 is 9.47 Å². The van der Waals surface area contributed by atoms with Crippen molar-refractivity contribution in [2.75, 3.05) is 33.5 Å². The number of nitrogens with one attached hydrogen (secondary N) is 1. The first kappa shape index (κ1) is 15.4. The monoisotopic (exact) mass is 294 g/mol. The van der Waals surface area contributed by atoms with Crippen LogP contribution in [0.5, 0.6) is 0 Å². The van der Waals surface area contributed by atoms with E-state index in [0.29, 0.717) is 13.2 Å². The molecule has 110 valence electrons. The number of aromatic nitrogens is 1.